The first kappa shape index (κ1) is 37.6. The van der Waals surface area contributed by atoms with Crippen LogP contribution >= 0.6 is 0 Å². The van der Waals surface area contributed by atoms with Crippen LogP contribution in [0.4, 0.5) is 4.79 Å². The predicted octanol–water partition coefficient (Wildman–Crippen LogP) is 6.11. The molecule has 12 heteroatoms. The minimum absolute atomic E-state index is 0.0692. The molecule has 1 saturated heterocycles. The van der Waals surface area contributed by atoms with Gasteiger partial charge in [0.15, 0.2) is 0 Å². The number of nitrogens with zero attached hydrogens (tertiary/aromatic N) is 2. The maximum Gasteiger partial charge on any atom is 0.408 e. The zero-order valence-corrected chi connectivity index (χ0v) is 31.2. The Morgan fingerprint density at radius 3 is 2.58 bits per heavy atom. The third-order valence-corrected chi connectivity index (χ3v) is 9.91. The molecule has 5 atom stereocenters. The average molecular weight is 727 g/mol. The Morgan fingerprint density at radius 2 is 1.85 bits per heavy atom. The Hall–Kier alpha value is -5.13. The largest absolute Gasteiger partial charge is 0.497 e. The minimum Gasteiger partial charge on any atom is -0.497 e. The molecule has 3 amide bonds. The Labute approximate surface area is 310 Å². The van der Waals surface area contributed by atoms with Crippen molar-refractivity contribution < 1.29 is 38.1 Å². The molecule has 2 fully saturated rings. The van der Waals surface area contributed by atoms with Crippen molar-refractivity contribution >= 4 is 34.8 Å². The molecule has 3 heterocycles. The fraction of sp³-hybridized carbons (Fsp3) is 0.488. The molecule has 12 nitrogen and oxygen atoms in total. The number of rotatable bonds is 7. The molecule has 2 aromatic carbocycles. The molecule has 6 rings (SSSR count). The lowest BCUT2D eigenvalue weighted by Crippen LogP contribution is -2.56. The number of allylic oxidation sites excluding steroid dienone is 1. The normalized spacial score (nSPS) is 24.9. The fourth-order valence-corrected chi connectivity index (χ4v) is 7.18. The van der Waals surface area contributed by atoms with Gasteiger partial charge in [0, 0.05) is 35.4 Å². The highest BCUT2D eigenvalue weighted by Crippen LogP contribution is 2.46. The number of benzene rings is 2. The van der Waals surface area contributed by atoms with Crippen LogP contribution in [0.5, 0.6) is 11.5 Å². The maximum absolute atomic E-state index is 14.5. The molecule has 1 aromatic heterocycles. The van der Waals surface area contributed by atoms with E-state index in [1.807, 2.05) is 66.7 Å². The Balaban J connectivity index is 1.35. The number of fused-ring (bicyclic) bond motifs is 3. The van der Waals surface area contributed by atoms with Gasteiger partial charge in [-0.1, -0.05) is 55.3 Å². The van der Waals surface area contributed by atoms with Gasteiger partial charge in [-0.25, -0.2) is 14.6 Å². The monoisotopic (exact) mass is 726 g/mol. The molecule has 0 spiro atoms. The van der Waals surface area contributed by atoms with Crippen molar-refractivity contribution in [3.05, 3.63) is 66.7 Å². The molecular formula is C41H50N4O8. The maximum atomic E-state index is 14.5. The molecule has 1 saturated carbocycles. The van der Waals surface area contributed by atoms with E-state index in [0.717, 1.165) is 30.2 Å². The SMILES string of the molecule is CCOC(=O)[C@@]12CC1C=CCCCCC[C@H](NC(=O)OC(C)(C)C)C(=O)N1C[C@H](Oc3cc(-c4ccccc4)nc4cc(OC)ccc34)C[C@H]1C(=O)N2. The van der Waals surface area contributed by atoms with E-state index in [4.69, 9.17) is 23.9 Å². The van der Waals surface area contributed by atoms with E-state index in [9.17, 15) is 19.2 Å². The Kier molecular flexibility index (Phi) is 11.3. The first-order valence-electron chi connectivity index (χ1n) is 18.6. The van der Waals surface area contributed by atoms with E-state index >= 15 is 0 Å². The number of nitrogens with one attached hydrogen (secondary N) is 2. The van der Waals surface area contributed by atoms with E-state index in [2.05, 4.69) is 10.6 Å². The molecule has 3 aromatic rings. The summed E-state index contributed by atoms with van der Waals surface area (Å²) in [5.74, 6) is -0.423. The van der Waals surface area contributed by atoms with E-state index < -0.39 is 53.2 Å². The quantitative estimate of drug-likeness (QED) is 0.218. The molecule has 2 aliphatic heterocycles. The average Bonchev–Trinajstić information content (AvgIpc) is 3.66. The van der Waals surface area contributed by atoms with E-state index in [-0.39, 0.29) is 25.5 Å². The third kappa shape index (κ3) is 8.75. The van der Waals surface area contributed by atoms with Crippen LogP contribution in [0.3, 0.4) is 0 Å². The summed E-state index contributed by atoms with van der Waals surface area (Å²) >= 11 is 0. The number of pyridine rings is 1. The van der Waals surface area contributed by atoms with Gasteiger partial charge in [-0.05, 0) is 65.5 Å². The van der Waals surface area contributed by atoms with Crippen molar-refractivity contribution in [1.29, 1.82) is 0 Å². The summed E-state index contributed by atoms with van der Waals surface area (Å²) in [6.07, 6.45) is 6.80. The van der Waals surface area contributed by atoms with Gasteiger partial charge in [-0.2, -0.15) is 0 Å². The molecule has 1 aliphatic carbocycles. The number of aromatic nitrogens is 1. The molecule has 53 heavy (non-hydrogen) atoms. The van der Waals surface area contributed by atoms with Crippen molar-refractivity contribution in [2.24, 2.45) is 5.92 Å². The second-order valence-corrected chi connectivity index (χ2v) is 15.0. The summed E-state index contributed by atoms with van der Waals surface area (Å²) in [7, 11) is 1.60. The van der Waals surface area contributed by atoms with Crippen molar-refractivity contribution in [3.8, 4) is 22.8 Å². The van der Waals surface area contributed by atoms with Crippen LogP contribution in [0.25, 0.3) is 22.2 Å². The molecule has 282 valence electrons. The standard InChI is InChI=1S/C41H50N4O8/c1-6-51-38(48)41-24-27(41)17-13-8-7-9-14-18-31(43-39(49)53-40(2,3)4)37(47)45-25-29(22-34(45)36(46)44-41)52-35-23-32(26-15-11-10-12-16-26)42-33-21-28(50-5)19-20-30(33)35/h10-13,15-17,19-21,23,27,29,31,34H,6-9,14,18,22,24-25H2,1-5H3,(H,43,49)(H,44,46)/t27?,29-,31+,34+,41-/m1/s1. The second kappa shape index (κ2) is 15.9. The van der Waals surface area contributed by atoms with E-state index in [0.29, 0.717) is 42.0 Å². The number of alkyl carbamates (subject to hydrolysis) is 1. The van der Waals surface area contributed by atoms with Crippen LogP contribution in [0.2, 0.25) is 0 Å². The van der Waals surface area contributed by atoms with Gasteiger partial charge in [-0.3, -0.25) is 9.59 Å². The number of amides is 3. The second-order valence-electron chi connectivity index (χ2n) is 15.0. The molecule has 0 bridgehead atoms. The molecule has 2 N–H and O–H groups in total. The van der Waals surface area contributed by atoms with Crippen molar-refractivity contribution in [1.82, 2.24) is 20.5 Å². The molecule has 3 aliphatic rings. The highest BCUT2D eigenvalue weighted by atomic mass is 16.6. The van der Waals surface area contributed by atoms with Crippen LogP contribution in [-0.2, 0) is 23.9 Å². The highest BCUT2D eigenvalue weighted by Gasteiger charge is 2.62. The Bertz CT molecular complexity index is 1860. The minimum atomic E-state index is -1.21. The first-order valence-corrected chi connectivity index (χ1v) is 18.6. The van der Waals surface area contributed by atoms with Gasteiger partial charge in [-0.15, -0.1) is 0 Å². The third-order valence-electron chi connectivity index (χ3n) is 9.91. The Morgan fingerprint density at radius 1 is 1.06 bits per heavy atom. The summed E-state index contributed by atoms with van der Waals surface area (Å²) in [5.41, 5.74) is 0.259. The fourth-order valence-electron chi connectivity index (χ4n) is 7.18. The van der Waals surface area contributed by atoms with Crippen molar-refractivity contribution in [3.63, 3.8) is 0 Å². The summed E-state index contributed by atoms with van der Waals surface area (Å²) in [6, 6.07) is 15.2. The van der Waals surface area contributed by atoms with Crippen LogP contribution in [0.1, 0.15) is 72.6 Å². The smallest absolute Gasteiger partial charge is 0.408 e. The number of methoxy groups -OCH3 is 1. The number of carbonyl (C=O) groups is 4. The van der Waals surface area contributed by atoms with Crippen molar-refractivity contribution in [2.45, 2.75) is 102 Å². The van der Waals surface area contributed by atoms with Gasteiger partial charge < -0.3 is 34.5 Å². The van der Waals surface area contributed by atoms with Crippen LogP contribution < -0.4 is 20.1 Å². The summed E-state index contributed by atoms with van der Waals surface area (Å²) in [4.78, 5) is 61.6. The summed E-state index contributed by atoms with van der Waals surface area (Å²) < 4.78 is 23.2. The van der Waals surface area contributed by atoms with Crippen LogP contribution in [-0.4, -0.2) is 83.3 Å². The van der Waals surface area contributed by atoms with Gasteiger partial charge in [0.05, 0.1) is 31.5 Å². The van der Waals surface area contributed by atoms with E-state index in [1.165, 1.54) is 4.90 Å². The summed E-state index contributed by atoms with van der Waals surface area (Å²) in [5, 5.41) is 6.54. The lowest BCUT2D eigenvalue weighted by Gasteiger charge is -2.30. The van der Waals surface area contributed by atoms with Gasteiger partial charge in [0.25, 0.3) is 0 Å². The zero-order valence-electron chi connectivity index (χ0n) is 31.2. The first-order chi connectivity index (χ1) is 25.4. The molecule has 1 unspecified atom stereocenters. The number of carbonyl (C=O) groups excluding carboxylic acids is 4. The van der Waals surface area contributed by atoms with Crippen molar-refractivity contribution in [2.75, 3.05) is 20.3 Å². The lowest BCUT2D eigenvalue weighted by atomic mass is 10.0. The topological polar surface area (TPSA) is 145 Å². The molecular weight excluding hydrogens is 676 g/mol. The van der Waals surface area contributed by atoms with Crippen LogP contribution in [0.15, 0.2) is 66.7 Å². The van der Waals surface area contributed by atoms with Gasteiger partial charge >= 0.3 is 12.1 Å². The summed E-state index contributed by atoms with van der Waals surface area (Å²) in [6.45, 7) is 7.25. The predicted molar refractivity (Wildman–Crippen MR) is 199 cm³/mol. The lowest BCUT2D eigenvalue weighted by molar-refractivity contribution is -0.150. The van der Waals surface area contributed by atoms with E-state index in [1.54, 1.807) is 34.8 Å². The van der Waals surface area contributed by atoms with Gasteiger partial charge in [0.1, 0.15) is 40.8 Å². The highest BCUT2D eigenvalue weighted by molar-refractivity contribution is 5.97. The molecule has 0 radical (unpaired) electrons. The van der Waals surface area contributed by atoms with Gasteiger partial charge in [0.2, 0.25) is 11.8 Å². The van der Waals surface area contributed by atoms with Crippen LogP contribution in [0, 0.1) is 5.92 Å². The number of hydrogen-bond acceptors (Lipinski definition) is 9. The number of ether oxygens (including phenoxy) is 4. The zero-order chi connectivity index (χ0) is 37.8. The number of esters is 1. The number of hydrogen-bond donors (Lipinski definition) is 2.